The van der Waals surface area contributed by atoms with Gasteiger partial charge in [-0.1, -0.05) is 12.8 Å². The Kier molecular flexibility index (Phi) is 4.59. The van der Waals surface area contributed by atoms with Crippen LogP contribution in [-0.4, -0.2) is 28.4 Å². The molecule has 1 saturated heterocycles. The van der Waals surface area contributed by atoms with Crippen molar-refractivity contribution in [3.05, 3.63) is 29.3 Å². The maximum atomic E-state index is 11.4. The lowest BCUT2D eigenvalue weighted by molar-refractivity contribution is 0.101. The quantitative estimate of drug-likeness (QED) is 0.848. The van der Waals surface area contributed by atoms with Crippen molar-refractivity contribution in [1.82, 2.24) is 4.90 Å². The fourth-order valence-corrected chi connectivity index (χ4v) is 2.72. The van der Waals surface area contributed by atoms with Crippen LogP contribution in [0.2, 0.25) is 0 Å². The van der Waals surface area contributed by atoms with Gasteiger partial charge in [-0.05, 0) is 51.4 Å². The largest absolute Gasteiger partial charge is 0.508 e. The van der Waals surface area contributed by atoms with E-state index in [4.69, 9.17) is 0 Å². The Morgan fingerprint density at radius 1 is 1.37 bits per heavy atom. The summed E-state index contributed by atoms with van der Waals surface area (Å²) in [5.41, 5.74) is 1.54. The first kappa shape index (κ1) is 14.1. The second-order valence-electron chi connectivity index (χ2n) is 5.57. The number of likely N-dealkylation sites (tertiary alicyclic amines) is 1. The lowest BCUT2D eigenvalue weighted by Gasteiger charge is -2.27. The van der Waals surface area contributed by atoms with Crippen LogP contribution < -0.4 is 0 Å². The highest BCUT2D eigenvalue weighted by atomic mass is 16.3. The predicted octanol–water partition coefficient (Wildman–Crippen LogP) is 3.36. The SMILES string of the molecule is CC(=O)c1ccc(O)c(CN2CCCCCC2C)c1. The van der Waals surface area contributed by atoms with Crippen LogP contribution >= 0.6 is 0 Å². The number of hydrogen-bond acceptors (Lipinski definition) is 3. The van der Waals surface area contributed by atoms with Gasteiger partial charge in [0.15, 0.2) is 5.78 Å². The number of Topliss-reactive ketones (excluding diaryl/α,β-unsaturated/α-hetero) is 1. The molecular formula is C16H23NO2. The van der Waals surface area contributed by atoms with Crippen molar-refractivity contribution in [3.63, 3.8) is 0 Å². The number of rotatable bonds is 3. The number of carbonyl (C=O) groups is 1. The summed E-state index contributed by atoms with van der Waals surface area (Å²) in [6, 6.07) is 5.69. The maximum Gasteiger partial charge on any atom is 0.159 e. The number of aromatic hydroxyl groups is 1. The molecule has 0 aromatic heterocycles. The van der Waals surface area contributed by atoms with Crippen molar-refractivity contribution in [2.45, 2.75) is 52.1 Å². The third-order valence-corrected chi connectivity index (χ3v) is 4.05. The lowest BCUT2D eigenvalue weighted by atomic mass is 10.1. The van der Waals surface area contributed by atoms with Crippen LogP contribution in [0, 0.1) is 0 Å². The number of benzene rings is 1. The number of hydrogen-bond donors (Lipinski definition) is 1. The van der Waals surface area contributed by atoms with Gasteiger partial charge >= 0.3 is 0 Å². The van der Waals surface area contributed by atoms with Crippen molar-refractivity contribution in [2.75, 3.05) is 6.54 Å². The molecule has 1 aromatic carbocycles. The average Bonchev–Trinajstić information content (AvgIpc) is 2.57. The molecule has 1 atom stereocenters. The number of phenolic OH excluding ortho intramolecular Hbond substituents is 1. The first-order valence-electron chi connectivity index (χ1n) is 7.15. The molecule has 2 rings (SSSR count). The van der Waals surface area contributed by atoms with E-state index >= 15 is 0 Å². The van der Waals surface area contributed by atoms with Gasteiger partial charge in [0.2, 0.25) is 0 Å². The number of ketones is 1. The molecule has 1 heterocycles. The summed E-state index contributed by atoms with van der Waals surface area (Å²) in [6.45, 7) is 5.61. The van der Waals surface area contributed by atoms with Crippen LogP contribution in [-0.2, 0) is 6.54 Å². The van der Waals surface area contributed by atoms with E-state index in [0.29, 0.717) is 17.4 Å². The van der Waals surface area contributed by atoms with E-state index in [0.717, 1.165) is 18.7 Å². The van der Waals surface area contributed by atoms with Crippen molar-refractivity contribution in [2.24, 2.45) is 0 Å². The van der Waals surface area contributed by atoms with Crippen molar-refractivity contribution in [1.29, 1.82) is 0 Å². The average molecular weight is 261 g/mol. The zero-order chi connectivity index (χ0) is 13.8. The van der Waals surface area contributed by atoms with Crippen LogP contribution in [0.25, 0.3) is 0 Å². The van der Waals surface area contributed by atoms with Crippen LogP contribution in [0.5, 0.6) is 5.75 Å². The second kappa shape index (κ2) is 6.20. The fraction of sp³-hybridized carbons (Fsp3) is 0.562. The van der Waals surface area contributed by atoms with E-state index in [-0.39, 0.29) is 5.78 Å². The van der Waals surface area contributed by atoms with E-state index in [1.165, 1.54) is 25.7 Å². The summed E-state index contributed by atoms with van der Waals surface area (Å²) in [7, 11) is 0. The van der Waals surface area contributed by atoms with Crippen LogP contribution in [0.15, 0.2) is 18.2 Å². The molecule has 1 N–H and O–H groups in total. The van der Waals surface area contributed by atoms with Crippen LogP contribution in [0.1, 0.15) is 55.5 Å². The van der Waals surface area contributed by atoms with E-state index in [2.05, 4.69) is 11.8 Å². The standard InChI is InChI=1S/C16H23NO2/c1-12-6-4-3-5-9-17(12)11-15-10-14(13(2)18)7-8-16(15)19/h7-8,10,12,19H,3-6,9,11H2,1-2H3. The second-order valence-corrected chi connectivity index (χ2v) is 5.57. The Hall–Kier alpha value is -1.35. The van der Waals surface area contributed by atoms with Gasteiger partial charge in [-0.15, -0.1) is 0 Å². The summed E-state index contributed by atoms with van der Waals surface area (Å²) in [5, 5.41) is 9.97. The van der Waals surface area contributed by atoms with Gasteiger partial charge in [0.1, 0.15) is 5.75 Å². The molecule has 1 aliphatic rings. The minimum atomic E-state index is 0.0464. The Morgan fingerprint density at radius 2 is 2.16 bits per heavy atom. The van der Waals surface area contributed by atoms with E-state index in [1.54, 1.807) is 19.1 Å². The summed E-state index contributed by atoms with van der Waals surface area (Å²) in [5.74, 6) is 0.339. The monoisotopic (exact) mass is 261 g/mol. The van der Waals surface area contributed by atoms with Crippen molar-refractivity contribution >= 4 is 5.78 Å². The molecule has 0 saturated carbocycles. The summed E-state index contributed by atoms with van der Waals surface area (Å²) < 4.78 is 0. The van der Waals surface area contributed by atoms with Gasteiger partial charge in [-0.2, -0.15) is 0 Å². The topological polar surface area (TPSA) is 40.5 Å². The lowest BCUT2D eigenvalue weighted by Crippen LogP contribution is -2.32. The molecule has 1 aliphatic heterocycles. The summed E-state index contributed by atoms with van der Waals surface area (Å²) in [4.78, 5) is 13.8. The van der Waals surface area contributed by atoms with Crippen LogP contribution in [0.3, 0.4) is 0 Å². The Morgan fingerprint density at radius 3 is 2.89 bits per heavy atom. The highest BCUT2D eigenvalue weighted by Gasteiger charge is 2.18. The Balaban J connectivity index is 2.16. The van der Waals surface area contributed by atoms with E-state index in [9.17, 15) is 9.90 Å². The molecule has 1 aromatic rings. The molecule has 3 heteroatoms. The third kappa shape index (κ3) is 3.57. The molecule has 1 fully saturated rings. The minimum absolute atomic E-state index is 0.0464. The Labute approximate surface area is 115 Å². The minimum Gasteiger partial charge on any atom is -0.508 e. The van der Waals surface area contributed by atoms with Gasteiger partial charge in [-0.3, -0.25) is 9.69 Å². The predicted molar refractivity (Wildman–Crippen MR) is 76.5 cm³/mol. The normalized spacial score (nSPS) is 21.1. The van der Waals surface area contributed by atoms with Gasteiger partial charge in [0, 0.05) is 23.7 Å². The molecular weight excluding hydrogens is 238 g/mol. The molecule has 0 spiro atoms. The molecule has 0 aliphatic carbocycles. The fourth-order valence-electron chi connectivity index (χ4n) is 2.72. The maximum absolute atomic E-state index is 11.4. The summed E-state index contributed by atoms with van der Waals surface area (Å²) in [6.07, 6.45) is 5.02. The summed E-state index contributed by atoms with van der Waals surface area (Å²) >= 11 is 0. The molecule has 0 bridgehead atoms. The number of nitrogens with zero attached hydrogens (tertiary/aromatic N) is 1. The van der Waals surface area contributed by atoms with Crippen molar-refractivity contribution < 1.29 is 9.90 Å². The zero-order valence-electron chi connectivity index (χ0n) is 11.9. The molecule has 1 unspecified atom stereocenters. The molecule has 0 amide bonds. The first-order valence-corrected chi connectivity index (χ1v) is 7.15. The van der Waals surface area contributed by atoms with E-state index < -0.39 is 0 Å². The highest BCUT2D eigenvalue weighted by molar-refractivity contribution is 5.94. The molecule has 19 heavy (non-hydrogen) atoms. The number of carbonyl (C=O) groups excluding carboxylic acids is 1. The van der Waals surface area contributed by atoms with Gasteiger partial charge in [0.05, 0.1) is 0 Å². The molecule has 3 nitrogen and oxygen atoms in total. The van der Waals surface area contributed by atoms with E-state index in [1.807, 2.05) is 6.07 Å². The van der Waals surface area contributed by atoms with Crippen LogP contribution in [0.4, 0.5) is 0 Å². The number of phenols is 1. The first-order chi connectivity index (χ1) is 9.08. The highest BCUT2D eigenvalue weighted by Crippen LogP contribution is 2.24. The molecule has 104 valence electrons. The third-order valence-electron chi connectivity index (χ3n) is 4.05. The Bertz CT molecular complexity index is 456. The smallest absolute Gasteiger partial charge is 0.159 e. The molecule has 0 radical (unpaired) electrons. The van der Waals surface area contributed by atoms with Gasteiger partial charge < -0.3 is 5.11 Å². The van der Waals surface area contributed by atoms with Gasteiger partial charge in [0.25, 0.3) is 0 Å². The zero-order valence-corrected chi connectivity index (χ0v) is 11.9. The van der Waals surface area contributed by atoms with Gasteiger partial charge in [-0.25, -0.2) is 0 Å². The van der Waals surface area contributed by atoms with Crippen molar-refractivity contribution in [3.8, 4) is 5.75 Å².